The number of rotatable bonds is 6. The number of likely N-dealkylation sites (N-methyl/N-ethyl adjacent to an activating group) is 1. The van der Waals surface area contributed by atoms with Crippen molar-refractivity contribution in [1.82, 2.24) is 10.2 Å². The van der Waals surface area contributed by atoms with Gasteiger partial charge in [-0.3, -0.25) is 14.5 Å². The SMILES string of the molecule is CCN(CC(=O)O)C1CC(NC(=O)c2cc3ccccc3o2)C1. The number of nitrogens with zero attached hydrogens (tertiary/aromatic N) is 1. The highest BCUT2D eigenvalue weighted by molar-refractivity contribution is 5.96. The van der Waals surface area contributed by atoms with Gasteiger partial charge in [-0.15, -0.1) is 0 Å². The number of para-hydroxylation sites is 1. The zero-order chi connectivity index (χ0) is 16.4. The maximum atomic E-state index is 12.2. The molecule has 0 atom stereocenters. The summed E-state index contributed by atoms with van der Waals surface area (Å²) in [5, 5.41) is 12.7. The molecule has 0 spiro atoms. The molecule has 2 N–H and O–H groups in total. The molecule has 1 aliphatic carbocycles. The molecular formula is C17H20N2O4. The number of carbonyl (C=O) groups is 2. The van der Waals surface area contributed by atoms with Crippen molar-refractivity contribution in [3.8, 4) is 0 Å². The highest BCUT2D eigenvalue weighted by atomic mass is 16.4. The lowest BCUT2D eigenvalue weighted by Gasteiger charge is -2.42. The van der Waals surface area contributed by atoms with E-state index in [2.05, 4.69) is 5.32 Å². The normalized spacial score (nSPS) is 20.4. The van der Waals surface area contributed by atoms with E-state index in [1.165, 1.54) is 0 Å². The van der Waals surface area contributed by atoms with Crippen LogP contribution in [0.4, 0.5) is 0 Å². The third-order valence-electron chi connectivity index (χ3n) is 4.36. The molecule has 1 fully saturated rings. The van der Waals surface area contributed by atoms with Crippen molar-refractivity contribution in [3.63, 3.8) is 0 Å². The molecule has 0 unspecified atom stereocenters. The first kappa shape index (κ1) is 15.6. The monoisotopic (exact) mass is 316 g/mol. The minimum Gasteiger partial charge on any atom is -0.480 e. The van der Waals surface area contributed by atoms with Crippen LogP contribution in [0.2, 0.25) is 0 Å². The molecule has 6 nitrogen and oxygen atoms in total. The molecule has 6 heteroatoms. The number of furan rings is 1. The Morgan fingerprint density at radius 2 is 2.09 bits per heavy atom. The van der Waals surface area contributed by atoms with Crippen molar-refractivity contribution in [1.29, 1.82) is 0 Å². The van der Waals surface area contributed by atoms with Gasteiger partial charge in [0.25, 0.3) is 5.91 Å². The number of fused-ring (bicyclic) bond motifs is 1. The summed E-state index contributed by atoms with van der Waals surface area (Å²) >= 11 is 0. The van der Waals surface area contributed by atoms with Gasteiger partial charge in [0.05, 0.1) is 6.54 Å². The van der Waals surface area contributed by atoms with E-state index in [0.29, 0.717) is 17.9 Å². The van der Waals surface area contributed by atoms with Gasteiger partial charge in [0.2, 0.25) is 0 Å². The molecule has 0 bridgehead atoms. The average Bonchev–Trinajstić information content (AvgIpc) is 2.92. The molecule has 1 aromatic carbocycles. The largest absolute Gasteiger partial charge is 0.480 e. The summed E-state index contributed by atoms with van der Waals surface area (Å²) in [6.07, 6.45) is 1.54. The van der Waals surface area contributed by atoms with Gasteiger partial charge < -0.3 is 14.8 Å². The minimum atomic E-state index is -0.818. The summed E-state index contributed by atoms with van der Waals surface area (Å²) < 4.78 is 5.55. The van der Waals surface area contributed by atoms with Crippen molar-refractivity contribution in [3.05, 3.63) is 36.1 Å². The Balaban J connectivity index is 1.55. The number of carboxylic acid groups (broad SMARTS) is 1. The third kappa shape index (κ3) is 3.37. The maximum Gasteiger partial charge on any atom is 0.317 e. The maximum absolute atomic E-state index is 12.2. The minimum absolute atomic E-state index is 0.0470. The number of carboxylic acids is 1. The number of amides is 1. The van der Waals surface area contributed by atoms with Gasteiger partial charge in [0, 0.05) is 17.5 Å². The Hall–Kier alpha value is -2.34. The van der Waals surface area contributed by atoms with Gasteiger partial charge >= 0.3 is 5.97 Å². The second-order valence-corrected chi connectivity index (χ2v) is 5.90. The predicted molar refractivity (Wildman–Crippen MR) is 85.4 cm³/mol. The molecule has 0 radical (unpaired) electrons. The van der Waals surface area contributed by atoms with Crippen LogP contribution in [0.15, 0.2) is 34.7 Å². The standard InChI is InChI=1S/C17H20N2O4/c1-2-19(10-16(20)21)13-8-12(9-13)18-17(22)15-7-11-5-3-4-6-14(11)23-15/h3-7,12-13H,2,8-10H2,1H3,(H,18,22)(H,20,21). The number of hydrogen-bond acceptors (Lipinski definition) is 4. The lowest BCUT2D eigenvalue weighted by Crippen LogP contribution is -2.54. The van der Waals surface area contributed by atoms with Crippen LogP contribution >= 0.6 is 0 Å². The number of hydrogen-bond donors (Lipinski definition) is 2. The fourth-order valence-corrected chi connectivity index (χ4v) is 3.03. The van der Waals surface area contributed by atoms with Crippen LogP contribution in [0.25, 0.3) is 11.0 Å². The highest BCUT2D eigenvalue weighted by Crippen LogP contribution is 2.26. The van der Waals surface area contributed by atoms with Gasteiger partial charge in [-0.1, -0.05) is 25.1 Å². The summed E-state index contributed by atoms with van der Waals surface area (Å²) in [4.78, 5) is 25.0. The third-order valence-corrected chi connectivity index (χ3v) is 4.36. The first-order chi connectivity index (χ1) is 11.1. The summed E-state index contributed by atoms with van der Waals surface area (Å²) in [5.41, 5.74) is 0.697. The first-order valence-corrected chi connectivity index (χ1v) is 7.82. The lowest BCUT2D eigenvalue weighted by atomic mass is 9.85. The van der Waals surface area contributed by atoms with E-state index in [-0.39, 0.29) is 24.5 Å². The van der Waals surface area contributed by atoms with E-state index in [1.54, 1.807) is 6.07 Å². The van der Waals surface area contributed by atoms with Crippen LogP contribution < -0.4 is 5.32 Å². The van der Waals surface area contributed by atoms with E-state index in [4.69, 9.17) is 9.52 Å². The highest BCUT2D eigenvalue weighted by Gasteiger charge is 2.35. The second kappa shape index (κ2) is 6.42. The van der Waals surface area contributed by atoms with Crippen molar-refractivity contribution >= 4 is 22.8 Å². The van der Waals surface area contributed by atoms with Gasteiger partial charge in [0.1, 0.15) is 5.58 Å². The molecule has 1 aliphatic rings. The molecular weight excluding hydrogens is 296 g/mol. The van der Waals surface area contributed by atoms with Gasteiger partial charge in [-0.25, -0.2) is 0 Å². The van der Waals surface area contributed by atoms with E-state index >= 15 is 0 Å². The topological polar surface area (TPSA) is 82.8 Å². The van der Waals surface area contributed by atoms with Gasteiger partial charge in [0.15, 0.2) is 5.76 Å². The Morgan fingerprint density at radius 3 is 2.74 bits per heavy atom. The van der Waals surface area contributed by atoms with E-state index < -0.39 is 5.97 Å². The van der Waals surface area contributed by atoms with Gasteiger partial charge in [-0.05, 0) is 31.5 Å². The molecule has 1 amide bonds. The predicted octanol–water partition coefficient (Wildman–Crippen LogP) is 2.10. The first-order valence-electron chi connectivity index (χ1n) is 7.82. The van der Waals surface area contributed by atoms with E-state index in [1.807, 2.05) is 36.1 Å². The van der Waals surface area contributed by atoms with Crippen LogP contribution in [0.3, 0.4) is 0 Å². The summed E-state index contributed by atoms with van der Waals surface area (Å²) in [6.45, 7) is 2.69. The van der Waals surface area contributed by atoms with Gasteiger partial charge in [-0.2, -0.15) is 0 Å². The fraction of sp³-hybridized carbons (Fsp3) is 0.412. The molecule has 0 aliphatic heterocycles. The molecule has 0 saturated heterocycles. The molecule has 122 valence electrons. The Labute approximate surface area is 134 Å². The quantitative estimate of drug-likeness (QED) is 0.853. The van der Waals surface area contributed by atoms with E-state index in [0.717, 1.165) is 18.2 Å². The van der Waals surface area contributed by atoms with Crippen LogP contribution in [0.5, 0.6) is 0 Å². The van der Waals surface area contributed by atoms with Crippen molar-refractivity contribution < 1.29 is 19.1 Å². The number of aliphatic carboxylic acids is 1. The van der Waals surface area contributed by atoms with Crippen LogP contribution in [0, 0.1) is 0 Å². The summed E-state index contributed by atoms with van der Waals surface area (Å²) in [7, 11) is 0. The lowest BCUT2D eigenvalue weighted by molar-refractivity contribution is -0.139. The number of benzene rings is 1. The molecule has 23 heavy (non-hydrogen) atoms. The Bertz CT molecular complexity index is 685. The molecule has 3 rings (SSSR count). The van der Waals surface area contributed by atoms with Crippen molar-refractivity contribution in [2.75, 3.05) is 13.1 Å². The van der Waals surface area contributed by atoms with Crippen LogP contribution in [-0.2, 0) is 4.79 Å². The van der Waals surface area contributed by atoms with Crippen molar-refractivity contribution in [2.24, 2.45) is 0 Å². The van der Waals surface area contributed by atoms with Crippen molar-refractivity contribution in [2.45, 2.75) is 31.8 Å². The fourth-order valence-electron chi connectivity index (χ4n) is 3.03. The van der Waals surface area contributed by atoms with Crippen LogP contribution in [0.1, 0.15) is 30.3 Å². The molecule has 2 aromatic rings. The molecule has 1 saturated carbocycles. The zero-order valence-electron chi connectivity index (χ0n) is 13.0. The number of nitrogens with one attached hydrogen (secondary N) is 1. The smallest absolute Gasteiger partial charge is 0.317 e. The second-order valence-electron chi connectivity index (χ2n) is 5.90. The summed E-state index contributed by atoms with van der Waals surface area (Å²) in [6, 6.07) is 9.53. The average molecular weight is 316 g/mol. The summed E-state index contributed by atoms with van der Waals surface area (Å²) in [5.74, 6) is -0.722. The zero-order valence-corrected chi connectivity index (χ0v) is 13.0. The molecule has 1 aromatic heterocycles. The van der Waals surface area contributed by atoms with E-state index in [9.17, 15) is 9.59 Å². The Morgan fingerprint density at radius 1 is 1.35 bits per heavy atom. The Kier molecular flexibility index (Phi) is 4.34. The van der Waals surface area contributed by atoms with Crippen LogP contribution in [-0.4, -0.2) is 47.1 Å². The number of carbonyl (C=O) groups excluding carboxylic acids is 1. The molecule has 1 heterocycles.